The molecule has 156 valence electrons. The summed E-state index contributed by atoms with van der Waals surface area (Å²) in [4.78, 5) is 17.7. The first-order valence-electron chi connectivity index (χ1n) is 10.3. The minimum Gasteiger partial charge on any atom is -0.319 e. The third-order valence-electron chi connectivity index (χ3n) is 5.74. The van der Waals surface area contributed by atoms with Crippen molar-refractivity contribution < 1.29 is 4.79 Å². The summed E-state index contributed by atoms with van der Waals surface area (Å²) in [7, 11) is 0. The van der Waals surface area contributed by atoms with Crippen molar-refractivity contribution in [2.75, 3.05) is 5.32 Å². The van der Waals surface area contributed by atoms with Crippen molar-refractivity contribution in [3.05, 3.63) is 94.3 Å². The van der Waals surface area contributed by atoms with Gasteiger partial charge in [0, 0.05) is 11.3 Å². The highest BCUT2D eigenvalue weighted by Gasteiger charge is 2.20. The summed E-state index contributed by atoms with van der Waals surface area (Å²) in [5, 5.41) is 7.60. The van der Waals surface area contributed by atoms with Gasteiger partial charge in [-0.1, -0.05) is 48.0 Å². The summed E-state index contributed by atoms with van der Waals surface area (Å²) < 4.78 is 1.77. The molecule has 5 nitrogen and oxygen atoms in total. The maximum absolute atomic E-state index is 13.1. The van der Waals surface area contributed by atoms with Crippen LogP contribution in [0, 0.1) is 34.6 Å². The number of nitrogens with one attached hydrogen (secondary N) is 1. The van der Waals surface area contributed by atoms with Gasteiger partial charge < -0.3 is 5.32 Å². The van der Waals surface area contributed by atoms with Gasteiger partial charge in [0.1, 0.15) is 0 Å². The number of aromatic nitrogens is 3. The molecule has 5 heteroatoms. The fraction of sp³-hybridized carbons (Fsp3) is 0.192. The van der Waals surface area contributed by atoms with E-state index in [-0.39, 0.29) is 11.7 Å². The van der Waals surface area contributed by atoms with Crippen LogP contribution in [0.3, 0.4) is 0 Å². The van der Waals surface area contributed by atoms with Crippen LogP contribution in [0.2, 0.25) is 0 Å². The van der Waals surface area contributed by atoms with Gasteiger partial charge in [-0.05, 0) is 75.1 Å². The molecule has 0 saturated heterocycles. The van der Waals surface area contributed by atoms with E-state index in [1.807, 2.05) is 69.3 Å². The SMILES string of the molecule is Cc1cccc(-c2nc(C(=O)Nc3cccc(C)c3C)nn2-c2cccc(C)c2C)c1. The van der Waals surface area contributed by atoms with Crippen LogP contribution >= 0.6 is 0 Å². The molecule has 0 aliphatic rings. The second kappa shape index (κ2) is 8.19. The normalized spacial score (nSPS) is 10.9. The third-order valence-corrected chi connectivity index (χ3v) is 5.74. The van der Waals surface area contributed by atoms with Crippen LogP contribution in [-0.4, -0.2) is 20.7 Å². The van der Waals surface area contributed by atoms with Crippen LogP contribution in [0.15, 0.2) is 60.7 Å². The molecule has 0 spiro atoms. The summed E-state index contributed by atoms with van der Waals surface area (Å²) in [5.74, 6) is 0.452. The lowest BCUT2D eigenvalue weighted by atomic mass is 10.1. The number of hydrogen-bond donors (Lipinski definition) is 1. The molecule has 1 N–H and O–H groups in total. The smallest absolute Gasteiger partial charge is 0.295 e. The molecular formula is C26H26N4O. The standard InChI is InChI=1S/C26H26N4O/c1-16-9-6-12-21(15-16)25-28-24(26(31)27-22-13-7-10-17(2)19(22)4)29-30(25)23-14-8-11-18(3)20(23)5/h6-15H,1-5H3,(H,27,31). The number of nitrogens with zero attached hydrogens (tertiary/aromatic N) is 3. The largest absolute Gasteiger partial charge is 0.319 e. The Bertz CT molecular complexity index is 1290. The number of carbonyl (C=O) groups is 1. The van der Waals surface area contributed by atoms with E-state index in [2.05, 4.69) is 41.4 Å². The second-order valence-corrected chi connectivity index (χ2v) is 7.96. The zero-order valence-electron chi connectivity index (χ0n) is 18.5. The number of rotatable bonds is 4. The van der Waals surface area contributed by atoms with E-state index in [1.165, 1.54) is 0 Å². The monoisotopic (exact) mass is 410 g/mol. The molecule has 0 radical (unpaired) electrons. The Morgan fingerprint density at radius 1 is 0.839 bits per heavy atom. The molecule has 0 atom stereocenters. The van der Waals surface area contributed by atoms with Crippen LogP contribution < -0.4 is 5.32 Å². The van der Waals surface area contributed by atoms with Crippen LogP contribution in [0.5, 0.6) is 0 Å². The van der Waals surface area contributed by atoms with Gasteiger partial charge in [0.05, 0.1) is 5.69 Å². The first kappa shape index (κ1) is 20.5. The van der Waals surface area contributed by atoms with Gasteiger partial charge in [0.2, 0.25) is 5.82 Å². The van der Waals surface area contributed by atoms with E-state index in [0.29, 0.717) is 5.82 Å². The third kappa shape index (κ3) is 3.99. The highest BCUT2D eigenvalue weighted by Crippen LogP contribution is 2.26. The first-order chi connectivity index (χ1) is 14.8. The minimum atomic E-state index is -0.327. The van der Waals surface area contributed by atoms with E-state index in [9.17, 15) is 4.79 Å². The lowest BCUT2D eigenvalue weighted by Gasteiger charge is -2.11. The van der Waals surface area contributed by atoms with Crippen LogP contribution in [-0.2, 0) is 0 Å². The van der Waals surface area contributed by atoms with Crippen molar-refractivity contribution in [2.24, 2.45) is 0 Å². The lowest BCUT2D eigenvalue weighted by molar-refractivity contribution is 0.101. The number of aryl methyl sites for hydroxylation is 3. The Morgan fingerprint density at radius 2 is 1.52 bits per heavy atom. The van der Waals surface area contributed by atoms with Gasteiger partial charge in [-0.2, -0.15) is 0 Å². The number of amides is 1. The Morgan fingerprint density at radius 3 is 2.26 bits per heavy atom. The molecule has 1 aromatic heterocycles. The Balaban J connectivity index is 1.82. The van der Waals surface area contributed by atoms with E-state index in [4.69, 9.17) is 0 Å². The van der Waals surface area contributed by atoms with Crippen molar-refractivity contribution in [2.45, 2.75) is 34.6 Å². The van der Waals surface area contributed by atoms with Gasteiger partial charge in [0.25, 0.3) is 5.91 Å². The molecule has 0 unspecified atom stereocenters. The molecule has 0 bridgehead atoms. The van der Waals surface area contributed by atoms with Crippen molar-refractivity contribution in [1.82, 2.24) is 14.8 Å². The highest BCUT2D eigenvalue weighted by molar-refractivity contribution is 6.02. The fourth-order valence-corrected chi connectivity index (χ4v) is 3.58. The number of anilines is 1. The molecule has 0 aliphatic heterocycles. The summed E-state index contributed by atoms with van der Waals surface area (Å²) in [6, 6.07) is 20.0. The zero-order chi connectivity index (χ0) is 22.1. The molecule has 0 aliphatic carbocycles. The van der Waals surface area contributed by atoms with Gasteiger partial charge in [0.15, 0.2) is 5.82 Å². The molecule has 0 fully saturated rings. The second-order valence-electron chi connectivity index (χ2n) is 7.96. The summed E-state index contributed by atoms with van der Waals surface area (Å²) in [6.45, 7) is 10.2. The molecule has 1 heterocycles. The predicted octanol–water partition coefficient (Wildman–Crippen LogP) is 5.73. The van der Waals surface area contributed by atoms with Crippen molar-refractivity contribution >= 4 is 11.6 Å². The highest BCUT2D eigenvalue weighted by atomic mass is 16.2. The van der Waals surface area contributed by atoms with Crippen molar-refractivity contribution in [3.63, 3.8) is 0 Å². The van der Waals surface area contributed by atoms with Crippen molar-refractivity contribution in [3.8, 4) is 17.1 Å². The quantitative estimate of drug-likeness (QED) is 0.467. The van der Waals surface area contributed by atoms with Crippen molar-refractivity contribution in [1.29, 1.82) is 0 Å². The number of benzene rings is 3. The fourth-order valence-electron chi connectivity index (χ4n) is 3.58. The molecule has 1 amide bonds. The average Bonchev–Trinajstić information content (AvgIpc) is 3.19. The molecular weight excluding hydrogens is 384 g/mol. The summed E-state index contributed by atoms with van der Waals surface area (Å²) >= 11 is 0. The van der Waals surface area contributed by atoms with Crippen LogP contribution in [0.25, 0.3) is 17.1 Å². The van der Waals surface area contributed by atoms with E-state index >= 15 is 0 Å². The average molecular weight is 411 g/mol. The molecule has 4 aromatic rings. The molecule has 4 rings (SSSR count). The lowest BCUT2D eigenvalue weighted by Crippen LogP contribution is -2.15. The minimum absolute atomic E-state index is 0.137. The van der Waals surface area contributed by atoms with E-state index in [1.54, 1.807) is 4.68 Å². The Labute approximate surface area is 182 Å². The molecule has 3 aromatic carbocycles. The zero-order valence-corrected chi connectivity index (χ0v) is 18.5. The Hall–Kier alpha value is -3.73. The van der Waals surface area contributed by atoms with Gasteiger partial charge >= 0.3 is 0 Å². The van der Waals surface area contributed by atoms with E-state index in [0.717, 1.165) is 44.8 Å². The first-order valence-corrected chi connectivity index (χ1v) is 10.3. The van der Waals surface area contributed by atoms with Gasteiger partial charge in [-0.15, -0.1) is 5.10 Å². The maximum Gasteiger partial charge on any atom is 0.295 e. The number of carbonyl (C=O) groups excluding carboxylic acids is 1. The maximum atomic E-state index is 13.1. The van der Waals surface area contributed by atoms with Crippen LogP contribution in [0.4, 0.5) is 5.69 Å². The topological polar surface area (TPSA) is 59.8 Å². The summed E-state index contributed by atoms with van der Waals surface area (Å²) in [5.41, 5.74) is 8.12. The number of hydrogen-bond acceptors (Lipinski definition) is 3. The molecule has 0 saturated carbocycles. The van der Waals surface area contributed by atoms with E-state index < -0.39 is 0 Å². The van der Waals surface area contributed by atoms with Crippen LogP contribution in [0.1, 0.15) is 38.4 Å². The molecule has 31 heavy (non-hydrogen) atoms. The Kier molecular flexibility index (Phi) is 5.42. The van der Waals surface area contributed by atoms with Gasteiger partial charge in [-0.3, -0.25) is 4.79 Å². The predicted molar refractivity (Wildman–Crippen MR) is 125 cm³/mol. The van der Waals surface area contributed by atoms with Gasteiger partial charge in [-0.25, -0.2) is 9.67 Å². The summed E-state index contributed by atoms with van der Waals surface area (Å²) in [6.07, 6.45) is 0.